The molecule has 0 aliphatic carbocycles. The molecule has 8 heteroatoms. The molecule has 1 aromatic heterocycles. The van der Waals surface area contributed by atoms with Crippen LogP contribution in [0.5, 0.6) is 5.75 Å². The van der Waals surface area contributed by atoms with E-state index in [1.165, 1.54) is 12.1 Å². The van der Waals surface area contributed by atoms with Crippen LogP contribution < -0.4 is 15.4 Å². The molecule has 2 N–H and O–H groups in total. The van der Waals surface area contributed by atoms with Crippen LogP contribution in [0.2, 0.25) is 0 Å². The number of halogens is 2. The quantitative estimate of drug-likeness (QED) is 0.702. The van der Waals surface area contributed by atoms with Gasteiger partial charge in [-0.05, 0) is 24.3 Å². The van der Waals surface area contributed by atoms with Crippen molar-refractivity contribution in [3.63, 3.8) is 0 Å². The molecular formula is C20H24ClFN4O2. The fourth-order valence-corrected chi connectivity index (χ4v) is 3.53. The molecule has 1 atom stereocenters. The second-order valence-corrected chi connectivity index (χ2v) is 6.69. The first-order valence-corrected chi connectivity index (χ1v) is 9.06. The Balaban J connectivity index is 0.00000225. The minimum absolute atomic E-state index is 0. The molecule has 0 amide bonds. The van der Waals surface area contributed by atoms with E-state index in [0.29, 0.717) is 23.4 Å². The van der Waals surface area contributed by atoms with Crippen molar-refractivity contribution >= 4 is 29.2 Å². The van der Waals surface area contributed by atoms with Crippen LogP contribution >= 0.6 is 12.4 Å². The van der Waals surface area contributed by atoms with E-state index in [1.54, 1.807) is 13.2 Å². The van der Waals surface area contributed by atoms with Gasteiger partial charge in [-0.2, -0.15) is 0 Å². The number of rotatable bonds is 5. The van der Waals surface area contributed by atoms with Crippen LogP contribution in [0.4, 0.5) is 10.1 Å². The molecule has 1 saturated heterocycles. The maximum atomic E-state index is 13.3. The third kappa shape index (κ3) is 4.22. The lowest BCUT2D eigenvalue weighted by molar-refractivity contribution is 0.180. The van der Waals surface area contributed by atoms with Gasteiger partial charge in [0.05, 0.1) is 25.4 Å². The highest BCUT2D eigenvalue weighted by atomic mass is 35.5. The maximum absolute atomic E-state index is 13.3. The van der Waals surface area contributed by atoms with Crippen LogP contribution in [0, 0.1) is 5.82 Å². The van der Waals surface area contributed by atoms with Gasteiger partial charge < -0.3 is 19.8 Å². The van der Waals surface area contributed by atoms with E-state index < -0.39 is 0 Å². The fourth-order valence-electron chi connectivity index (χ4n) is 3.53. The summed E-state index contributed by atoms with van der Waals surface area (Å²) in [4.78, 5) is 8.94. The number of anilines is 1. The SMILES string of the molecule is COc1ccccc1N1CCN(C(N)Cc2nc3ccc(F)cc3o2)CC1.Cl. The van der Waals surface area contributed by atoms with E-state index in [4.69, 9.17) is 14.9 Å². The number of piperazine rings is 1. The number of nitrogens with zero attached hydrogens (tertiary/aromatic N) is 3. The predicted molar refractivity (Wildman–Crippen MR) is 110 cm³/mol. The highest BCUT2D eigenvalue weighted by Crippen LogP contribution is 2.28. The zero-order valence-corrected chi connectivity index (χ0v) is 16.5. The van der Waals surface area contributed by atoms with E-state index in [1.807, 2.05) is 18.2 Å². The molecule has 1 unspecified atom stereocenters. The highest BCUT2D eigenvalue weighted by molar-refractivity contribution is 5.85. The summed E-state index contributed by atoms with van der Waals surface area (Å²) in [6, 6.07) is 12.4. The largest absolute Gasteiger partial charge is 0.495 e. The molecule has 2 heterocycles. The summed E-state index contributed by atoms with van der Waals surface area (Å²) in [5.74, 6) is 1.09. The number of ether oxygens (including phenoxy) is 1. The summed E-state index contributed by atoms with van der Waals surface area (Å²) >= 11 is 0. The number of aromatic nitrogens is 1. The van der Waals surface area contributed by atoms with Crippen LogP contribution in [0.3, 0.4) is 0 Å². The minimum Gasteiger partial charge on any atom is -0.495 e. The van der Waals surface area contributed by atoms with Crippen LogP contribution in [0.25, 0.3) is 11.1 Å². The number of benzene rings is 2. The summed E-state index contributed by atoms with van der Waals surface area (Å²) in [7, 11) is 1.69. The van der Waals surface area contributed by atoms with Crippen LogP contribution in [0.15, 0.2) is 46.9 Å². The number of hydrogen-bond donors (Lipinski definition) is 1. The van der Waals surface area contributed by atoms with Crippen molar-refractivity contribution in [3.8, 4) is 5.75 Å². The Morgan fingerprint density at radius 2 is 1.93 bits per heavy atom. The van der Waals surface area contributed by atoms with Crippen molar-refractivity contribution in [3.05, 3.63) is 54.2 Å². The van der Waals surface area contributed by atoms with Crippen LogP contribution in [-0.2, 0) is 6.42 Å². The third-order valence-corrected chi connectivity index (χ3v) is 4.99. The lowest BCUT2D eigenvalue weighted by Crippen LogP contribution is -2.54. The molecule has 4 rings (SSSR count). The summed E-state index contributed by atoms with van der Waals surface area (Å²) in [6.07, 6.45) is 0.299. The topological polar surface area (TPSA) is 67.8 Å². The minimum atomic E-state index is -0.332. The van der Waals surface area contributed by atoms with Gasteiger partial charge in [-0.25, -0.2) is 9.37 Å². The van der Waals surface area contributed by atoms with Gasteiger partial charge in [-0.15, -0.1) is 12.4 Å². The lowest BCUT2D eigenvalue weighted by Gasteiger charge is -2.39. The zero-order chi connectivity index (χ0) is 18.8. The Bertz CT molecular complexity index is 927. The van der Waals surface area contributed by atoms with Gasteiger partial charge in [0.1, 0.15) is 17.1 Å². The fraction of sp³-hybridized carbons (Fsp3) is 0.350. The average Bonchev–Trinajstić information content (AvgIpc) is 3.09. The van der Waals surface area contributed by atoms with Crippen molar-refractivity contribution in [2.45, 2.75) is 12.6 Å². The van der Waals surface area contributed by atoms with Crippen molar-refractivity contribution in [1.29, 1.82) is 0 Å². The van der Waals surface area contributed by atoms with Crippen molar-refractivity contribution in [1.82, 2.24) is 9.88 Å². The Labute approximate surface area is 169 Å². The van der Waals surface area contributed by atoms with Gasteiger partial charge >= 0.3 is 0 Å². The molecule has 1 fully saturated rings. The Kier molecular flexibility index (Phi) is 6.39. The van der Waals surface area contributed by atoms with E-state index in [-0.39, 0.29) is 24.4 Å². The average molecular weight is 407 g/mol. The van der Waals surface area contributed by atoms with Gasteiger partial charge in [-0.3, -0.25) is 4.90 Å². The summed E-state index contributed by atoms with van der Waals surface area (Å²) in [5, 5.41) is 0. The molecule has 0 radical (unpaired) electrons. The molecule has 6 nitrogen and oxygen atoms in total. The Hall–Kier alpha value is -2.35. The number of nitrogens with two attached hydrogens (primary N) is 1. The van der Waals surface area contributed by atoms with Gasteiger partial charge in [0.2, 0.25) is 0 Å². The molecule has 3 aromatic rings. The highest BCUT2D eigenvalue weighted by Gasteiger charge is 2.24. The molecule has 28 heavy (non-hydrogen) atoms. The second-order valence-electron chi connectivity index (χ2n) is 6.69. The molecule has 0 bridgehead atoms. The molecule has 150 valence electrons. The predicted octanol–water partition coefficient (Wildman–Crippen LogP) is 3.05. The summed E-state index contributed by atoms with van der Waals surface area (Å²) in [5.41, 5.74) is 8.60. The van der Waals surface area contributed by atoms with E-state index in [9.17, 15) is 4.39 Å². The first kappa shape index (κ1) is 20.4. The summed E-state index contributed by atoms with van der Waals surface area (Å²) < 4.78 is 24.4. The number of hydrogen-bond acceptors (Lipinski definition) is 6. The number of fused-ring (bicyclic) bond motifs is 1. The summed E-state index contributed by atoms with van der Waals surface area (Å²) in [6.45, 7) is 3.42. The zero-order valence-electron chi connectivity index (χ0n) is 15.7. The van der Waals surface area contributed by atoms with Crippen molar-refractivity contribution in [2.24, 2.45) is 5.73 Å². The normalized spacial score (nSPS) is 16.0. The molecule has 1 aliphatic heterocycles. The van der Waals surface area contributed by atoms with Crippen LogP contribution in [0.1, 0.15) is 5.89 Å². The molecule has 0 saturated carbocycles. The number of oxazole rings is 1. The standard InChI is InChI=1S/C20H23FN4O2.ClH/c1-26-17-5-3-2-4-16(17)24-8-10-25(11-9-24)19(22)13-20-23-15-7-6-14(21)12-18(15)27-20;/h2-7,12,19H,8-11,13,22H2,1H3;1H. The van der Waals surface area contributed by atoms with Crippen LogP contribution in [-0.4, -0.2) is 49.3 Å². The number of methoxy groups -OCH3 is 1. The van der Waals surface area contributed by atoms with Crippen molar-refractivity contribution in [2.75, 3.05) is 38.2 Å². The van der Waals surface area contributed by atoms with Gasteiger partial charge in [0.25, 0.3) is 0 Å². The van der Waals surface area contributed by atoms with Crippen molar-refractivity contribution < 1.29 is 13.5 Å². The molecular weight excluding hydrogens is 383 g/mol. The van der Waals surface area contributed by atoms with E-state index in [0.717, 1.165) is 37.6 Å². The number of para-hydroxylation sites is 2. The van der Waals surface area contributed by atoms with E-state index in [2.05, 4.69) is 20.9 Å². The van der Waals surface area contributed by atoms with Gasteiger partial charge in [-0.1, -0.05) is 12.1 Å². The second kappa shape index (κ2) is 8.77. The first-order chi connectivity index (χ1) is 13.1. The molecule has 1 aliphatic rings. The van der Waals surface area contributed by atoms with Gasteiger partial charge in [0.15, 0.2) is 11.5 Å². The first-order valence-electron chi connectivity index (χ1n) is 9.06. The lowest BCUT2D eigenvalue weighted by atomic mass is 10.2. The van der Waals surface area contributed by atoms with Gasteiger partial charge in [0, 0.05) is 32.2 Å². The van der Waals surface area contributed by atoms with E-state index >= 15 is 0 Å². The Morgan fingerprint density at radius 3 is 2.68 bits per heavy atom. The monoisotopic (exact) mass is 406 g/mol. The molecule has 0 spiro atoms. The maximum Gasteiger partial charge on any atom is 0.198 e. The Morgan fingerprint density at radius 1 is 1.18 bits per heavy atom. The smallest absolute Gasteiger partial charge is 0.198 e. The third-order valence-electron chi connectivity index (χ3n) is 4.99. The molecule has 2 aromatic carbocycles.